The second kappa shape index (κ2) is 11.1. The average Bonchev–Trinajstić information content (AvgIpc) is 2.76. The molecule has 1 aliphatic rings. The molecular weight excluding hydrogens is 366 g/mol. The van der Waals surface area contributed by atoms with Crippen molar-refractivity contribution in [2.75, 3.05) is 32.8 Å². The first-order valence-electron chi connectivity index (χ1n) is 10.5. The maximum absolute atomic E-state index is 12.0. The highest BCUT2D eigenvalue weighted by Crippen LogP contribution is 2.26. The van der Waals surface area contributed by atoms with Gasteiger partial charge in [-0.05, 0) is 37.4 Å². The molecule has 1 heterocycles. The molecule has 0 saturated carbocycles. The van der Waals surface area contributed by atoms with Gasteiger partial charge in [0.05, 0.1) is 25.2 Å². The Morgan fingerprint density at radius 2 is 1.72 bits per heavy atom. The van der Waals surface area contributed by atoms with Crippen LogP contribution < -0.4 is 0 Å². The molecule has 1 aliphatic heterocycles. The molecule has 0 spiro atoms. The van der Waals surface area contributed by atoms with Gasteiger partial charge in [0.15, 0.2) is 0 Å². The summed E-state index contributed by atoms with van der Waals surface area (Å²) in [6.45, 7) is 4.48. The monoisotopic (exact) mass is 397 g/mol. The van der Waals surface area contributed by atoms with Crippen molar-refractivity contribution < 1.29 is 19.4 Å². The van der Waals surface area contributed by atoms with E-state index in [-0.39, 0.29) is 24.6 Å². The topological polar surface area (TPSA) is 59.0 Å². The molecule has 0 radical (unpaired) electrons. The third-order valence-corrected chi connectivity index (χ3v) is 5.25. The molecule has 156 valence electrons. The number of hydrogen-bond acceptors (Lipinski definition) is 5. The lowest BCUT2D eigenvalue weighted by Gasteiger charge is -2.33. The lowest BCUT2D eigenvalue weighted by Crippen LogP contribution is -2.43. The molecule has 29 heavy (non-hydrogen) atoms. The highest BCUT2D eigenvalue weighted by Gasteiger charge is 2.28. The molecule has 2 aromatic rings. The average molecular weight is 398 g/mol. The van der Waals surface area contributed by atoms with E-state index in [0.717, 1.165) is 30.5 Å². The van der Waals surface area contributed by atoms with E-state index in [9.17, 15) is 9.90 Å². The Hall–Kier alpha value is -2.21. The van der Waals surface area contributed by atoms with Crippen LogP contribution in [0, 0.1) is 5.92 Å². The van der Waals surface area contributed by atoms with Gasteiger partial charge in [0, 0.05) is 13.1 Å². The van der Waals surface area contributed by atoms with E-state index in [1.807, 2.05) is 67.6 Å². The number of carbonyl (C=O) groups excluding carboxylic acids is 1. The molecule has 2 aromatic carbocycles. The maximum Gasteiger partial charge on any atom is 0.310 e. The van der Waals surface area contributed by atoms with Gasteiger partial charge in [-0.1, -0.05) is 60.7 Å². The van der Waals surface area contributed by atoms with Crippen LogP contribution in [0.4, 0.5) is 0 Å². The first-order valence-corrected chi connectivity index (χ1v) is 10.5. The number of β-amino-alcohol motifs (C(OH)–C–C–N with tert-alkyl or cyclic N) is 1. The summed E-state index contributed by atoms with van der Waals surface area (Å²) in [6.07, 6.45) is 0.950. The number of ether oxygens (including phenoxy) is 2. The van der Waals surface area contributed by atoms with E-state index in [4.69, 9.17) is 9.47 Å². The largest absolute Gasteiger partial charge is 0.466 e. The van der Waals surface area contributed by atoms with Crippen LogP contribution in [0.3, 0.4) is 0 Å². The molecule has 5 heteroatoms. The highest BCUT2D eigenvalue weighted by molar-refractivity contribution is 5.72. The van der Waals surface area contributed by atoms with Crippen LogP contribution in [-0.4, -0.2) is 54.9 Å². The van der Waals surface area contributed by atoms with Crippen molar-refractivity contribution in [1.82, 2.24) is 4.90 Å². The van der Waals surface area contributed by atoms with E-state index in [0.29, 0.717) is 19.7 Å². The predicted molar refractivity (Wildman–Crippen MR) is 112 cm³/mol. The standard InChI is InChI=1S/C24H31NO4/c1-2-28-24(27)21-14-9-15-25(16-21)17-22(26)18-29-23(19-10-5-3-6-11-19)20-12-7-4-8-13-20/h3-8,10-13,21-23,26H,2,9,14-18H2,1H3/t21-,22+/m1/s1. The second-order valence-electron chi connectivity index (χ2n) is 7.54. The summed E-state index contributed by atoms with van der Waals surface area (Å²) >= 11 is 0. The number of nitrogens with zero attached hydrogens (tertiary/aromatic N) is 1. The SMILES string of the molecule is CCOC(=O)[C@@H]1CCCN(C[C@H](O)COC(c2ccccc2)c2ccccc2)C1. The van der Waals surface area contributed by atoms with Gasteiger partial charge in [-0.2, -0.15) is 0 Å². The molecule has 1 fully saturated rings. The third-order valence-electron chi connectivity index (χ3n) is 5.25. The van der Waals surface area contributed by atoms with Gasteiger partial charge < -0.3 is 14.6 Å². The van der Waals surface area contributed by atoms with Crippen molar-refractivity contribution in [2.24, 2.45) is 5.92 Å². The summed E-state index contributed by atoms with van der Waals surface area (Å²) in [4.78, 5) is 14.2. The fourth-order valence-corrected chi connectivity index (χ4v) is 3.87. The number of esters is 1. The van der Waals surface area contributed by atoms with Crippen molar-refractivity contribution in [2.45, 2.75) is 32.0 Å². The Balaban J connectivity index is 1.56. The molecule has 1 N–H and O–H groups in total. The summed E-state index contributed by atoms with van der Waals surface area (Å²) in [5.74, 6) is -0.227. The molecule has 0 bridgehead atoms. The number of rotatable bonds is 9. The summed E-state index contributed by atoms with van der Waals surface area (Å²) < 4.78 is 11.3. The second-order valence-corrected chi connectivity index (χ2v) is 7.54. The van der Waals surface area contributed by atoms with Crippen LogP contribution in [0.1, 0.15) is 37.0 Å². The van der Waals surface area contributed by atoms with Gasteiger partial charge in [0.25, 0.3) is 0 Å². The van der Waals surface area contributed by atoms with E-state index in [1.165, 1.54) is 0 Å². The first-order chi connectivity index (χ1) is 14.2. The van der Waals surface area contributed by atoms with Crippen LogP contribution in [0.2, 0.25) is 0 Å². The summed E-state index contributed by atoms with van der Waals surface area (Å²) in [5.41, 5.74) is 2.12. The van der Waals surface area contributed by atoms with Gasteiger partial charge in [-0.25, -0.2) is 0 Å². The fraction of sp³-hybridized carbons (Fsp3) is 0.458. The van der Waals surface area contributed by atoms with E-state index in [2.05, 4.69) is 4.90 Å². The molecule has 0 amide bonds. The van der Waals surface area contributed by atoms with Crippen LogP contribution in [0.5, 0.6) is 0 Å². The fourth-order valence-electron chi connectivity index (χ4n) is 3.87. The van der Waals surface area contributed by atoms with Crippen molar-refractivity contribution in [3.63, 3.8) is 0 Å². The molecule has 1 saturated heterocycles. The molecule has 0 aliphatic carbocycles. The van der Waals surface area contributed by atoms with Gasteiger partial charge in [-0.15, -0.1) is 0 Å². The van der Waals surface area contributed by atoms with Crippen LogP contribution in [0.15, 0.2) is 60.7 Å². The maximum atomic E-state index is 12.0. The first kappa shape index (κ1) is 21.5. The number of likely N-dealkylation sites (tertiary alicyclic amines) is 1. The summed E-state index contributed by atoms with van der Waals surface area (Å²) in [6, 6.07) is 20.1. The molecule has 0 unspecified atom stereocenters. The van der Waals surface area contributed by atoms with Gasteiger partial charge in [0.1, 0.15) is 6.10 Å². The van der Waals surface area contributed by atoms with Crippen LogP contribution >= 0.6 is 0 Å². The zero-order valence-corrected chi connectivity index (χ0v) is 17.1. The third kappa shape index (κ3) is 6.39. The normalized spacial score (nSPS) is 18.5. The van der Waals surface area contributed by atoms with Crippen molar-refractivity contribution in [1.29, 1.82) is 0 Å². The van der Waals surface area contributed by atoms with E-state index >= 15 is 0 Å². The Labute approximate surface area is 173 Å². The van der Waals surface area contributed by atoms with Crippen molar-refractivity contribution in [3.05, 3.63) is 71.8 Å². The Morgan fingerprint density at radius 3 is 2.31 bits per heavy atom. The highest BCUT2D eigenvalue weighted by atomic mass is 16.5. The number of aliphatic hydroxyl groups is 1. The van der Waals surface area contributed by atoms with Gasteiger partial charge in [-0.3, -0.25) is 9.69 Å². The molecular formula is C24H31NO4. The quantitative estimate of drug-likeness (QED) is 0.657. The van der Waals surface area contributed by atoms with Gasteiger partial charge in [0.2, 0.25) is 0 Å². The number of carbonyl (C=O) groups is 1. The number of piperidine rings is 1. The molecule has 0 aromatic heterocycles. The Bertz CT molecular complexity index is 698. The minimum Gasteiger partial charge on any atom is -0.466 e. The zero-order chi connectivity index (χ0) is 20.5. The van der Waals surface area contributed by atoms with E-state index in [1.54, 1.807) is 0 Å². The smallest absolute Gasteiger partial charge is 0.310 e. The lowest BCUT2D eigenvalue weighted by molar-refractivity contribution is -0.150. The number of aliphatic hydroxyl groups excluding tert-OH is 1. The zero-order valence-electron chi connectivity index (χ0n) is 17.1. The van der Waals surface area contributed by atoms with E-state index < -0.39 is 6.10 Å². The molecule has 3 rings (SSSR count). The summed E-state index contributed by atoms with van der Waals surface area (Å²) in [5, 5.41) is 10.6. The summed E-state index contributed by atoms with van der Waals surface area (Å²) in [7, 11) is 0. The van der Waals surface area contributed by atoms with Crippen molar-refractivity contribution in [3.8, 4) is 0 Å². The molecule has 2 atom stereocenters. The Kier molecular flexibility index (Phi) is 8.23. The van der Waals surface area contributed by atoms with Gasteiger partial charge >= 0.3 is 5.97 Å². The number of hydrogen-bond donors (Lipinski definition) is 1. The van der Waals surface area contributed by atoms with Crippen LogP contribution in [0.25, 0.3) is 0 Å². The van der Waals surface area contributed by atoms with Crippen molar-refractivity contribution >= 4 is 5.97 Å². The molecule has 5 nitrogen and oxygen atoms in total. The Morgan fingerprint density at radius 1 is 1.10 bits per heavy atom. The lowest BCUT2D eigenvalue weighted by atomic mass is 9.98. The minimum atomic E-state index is -0.620. The van der Waals surface area contributed by atoms with Crippen LogP contribution in [-0.2, 0) is 14.3 Å². The predicted octanol–water partition coefficient (Wildman–Crippen LogP) is 3.43. The number of benzene rings is 2. The minimum absolute atomic E-state index is 0.0989.